The van der Waals surface area contributed by atoms with Gasteiger partial charge in [0.2, 0.25) is 0 Å². The van der Waals surface area contributed by atoms with Crippen molar-refractivity contribution in [1.82, 2.24) is 4.98 Å². The number of aromatic nitrogens is 1. The van der Waals surface area contributed by atoms with Gasteiger partial charge < -0.3 is 4.90 Å². The van der Waals surface area contributed by atoms with Crippen molar-refractivity contribution < 1.29 is 4.79 Å². The number of nitrogens with zero attached hydrogens (tertiary/aromatic N) is 2. The van der Waals surface area contributed by atoms with Crippen LogP contribution in [0.5, 0.6) is 0 Å². The second-order valence-electron chi connectivity index (χ2n) is 6.65. The fraction of sp³-hybridized carbons (Fsp3) is 0.238. The first-order valence-corrected chi connectivity index (χ1v) is 8.66. The summed E-state index contributed by atoms with van der Waals surface area (Å²) in [5.41, 5.74) is 4.68. The van der Waals surface area contributed by atoms with Gasteiger partial charge in [-0.2, -0.15) is 0 Å². The van der Waals surface area contributed by atoms with Crippen LogP contribution < -0.4 is 4.90 Å². The number of benzene rings is 2. The van der Waals surface area contributed by atoms with Crippen LogP contribution in [0.25, 0.3) is 22.0 Å². The molecule has 2 aliphatic rings. The molecule has 0 saturated carbocycles. The first kappa shape index (κ1) is 13.7. The van der Waals surface area contributed by atoms with E-state index in [0.717, 1.165) is 52.1 Å². The zero-order valence-electron chi connectivity index (χ0n) is 13.5. The van der Waals surface area contributed by atoms with E-state index in [4.69, 9.17) is 4.98 Å². The Bertz CT molecular complexity index is 971. The zero-order valence-corrected chi connectivity index (χ0v) is 13.5. The van der Waals surface area contributed by atoms with Crippen LogP contribution in [0.1, 0.15) is 35.2 Å². The van der Waals surface area contributed by atoms with Gasteiger partial charge in [-0.3, -0.25) is 4.79 Å². The third-order valence-corrected chi connectivity index (χ3v) is 5.21. The lowest BCUT2D eigenvalue weighted by Crippen LogP contribution is -2.30. The fourth-order valence-corrected chi connectivity index (χ4v) is 4.02. The van der Waals surface area contributed by atoms with Gasteiger partial charge in [-0.05, 0) is 42.5 Å². The maximum absolute atomic E-state index is 12.8. The van der Waals surface area contributed by atoms with Gasteiger partial charge in [0.25, 0.3) is 0 Å². The summed E-state index contributed by atoms with van der Waals surface area (Å²) in [6, 6.07) is 16.0. The average Bonchev–Trinajstić information content (AvgIpc) is 2.66. The van der Waals surface area contributed by atoms with Crippen molar-refractivity contribution in [2.45, 2.75) is 19.3 Å². The average molecular weight is 314 g/mol. The number of carbonyl (C=O) groups is 1. The number of ketones is 1. The van der Waals surface area contributed by atoms with Crippen LogP contribution in [0.2, 0.25) is 0 Å². The van der Waals surface area contributed by atoms with Gasteiger partial charge in [-0.15, -0.1) is 0 Å². The van der Waals surface area contributed by atoms with E-state index in [1.54, 1.807) is 0 Å². The molecule has 1 saturated heterocycles. The van der Waals surface area contributed by atoms with Crippen molar-refractivity contribution in [1.29, 1.82) is 0 Å². The Morgan fingerprint density at radius 3 is 2.38 bits per heavy atom. The molecule has 0 bridgehead atoms. The molecule has 3 aromatic rings. The topological polar surface area (TPSA) is 33.2 Å². The molecule has 0 N–H and O–H groups in total. The van der Waals surface area contributed by atoms with Crippen LogP contribution >= 0.6 is 0 Å². The fourth-order valence-electron chi connectivity index (χ4n) is 4.02. The van der Waals surface area contributed by atoms with Crippen LogP contribution in [0, 0.1) is 0 Å². The molecule has 3 nitrogen and oxygen atoms in total. The van der Waals surface area contributed by atoms with E-state index in [1.165, 1.54) is 19.3 Å². The number of pyridine rings is 1. The monoisotopic (exact) mass is 314 g/mol. The van der Waals surface area contributed by atoms with Gasteiger partial charge >= 0.3 is 0 Å². The van der Waals surface area contributed by atoms with Gasteiger partial charge in [0.05, 0.1) is 5.52 Å². The summed E-state index contributed by atoms with van der Waals surface area (Å²) in [7, 11) is 0. The zero-order chi connectivity index (χ0) is 16.1. The van der Waals surface area contributed by atoms with Crippen LogP contribution in [-0.2, 0) is 0 Å². The molecule has 0 atom stereocenters. The highest BCUT2D eigenvalue weighted by molar-refractivity contribution is 6.25. The molecule has 0 radical (unpaired) electrons. The van der Waals surface area contributed by atoms with Gasteiger partial charge in [0, 0.05) is 29.6 Å². The Morgan fingerprint density at radius 1 is 0.792 bits per heavy atom. The first-order valence-electron chi connectivity index (χ1n) is 8.66. The Balaban J connectivity index is 1.81. The van der Waals surface area contributed by atoms with Gasteiger partial charge in [0.15, 0.2) is 5.78 Å². The van der Waals surface area contributed by atoms with E-state index in [0.29, 0.717) is 0 Å². The van der Waals surface area contributed by atoms with E-state index in [2.05, 4.69) is 17.0 Å². The highest BCUT2D eigenvalue weighted by Crippen LogP contribution is 2.40. The number of carbonyl (C=O) groups excluding carboxylic acids is 1. The molecule has 2 heterocycles. The minimum atomic E-state index is 0.108. The number of anilines is 1. The molecular formula is C21H18N2O. The van der Waals surface area contributed by atoms with Gasteiger partial charge in [-0.1, -0.05) is 36.4 Å². The summed E-state index contributed by atoms with van der Waals surface area (Å²) in [4.78, 5) is 20.1. The Morgan fingerprint density at radius 2 is 1.54 bits per heavy atom. The molecule has 118 valence electrons. The van der Waals surface area contributed by atoms with Crippen LogP contribution in [-0.4, -0.2) is 23.9 Å². The van der Waals surface area contributed by atoms with Gasteiger partial charge in [0.1, 0.15) is 5.82 Å². The van der Waals surface area contributed by atoms with Crippen molar-refractivity contribution in [3.63, 3.8) is 0 Å². The Labute approximate surface area is 140 Å². The quantitative estimate of drug-likeness (QED) is 0.521. The predicted molar refractivity (Wildman–Crippen MR) is 96.7 cm³/mol. The summed E-state index contributed by atoms with van der Waals surface area (Å²) >= 11 is 0. The second kappa shape index (κ2) is 5.17. The lowest BCUT2D eigenvalue weighted by atomic mass is 9.84. The molecule has 1 fully saturated rings. The van der Waals surface area contributed by atoms with E-state index in [-0.39, 0.29) is 5.78 Å². The maximum atomic E-state index is 12.8. The highest BCUT2D eigenvalue weighted by Gasteiger charge is 2.26. The van der Waals surface area contributed by atoms with Crippen molar-refractivity contribution in [2.24, 2.45) is 0 Å². The SMILES string of the molecule is O=C1c2ccccc2-c2cc(N3CCCCC3)nc3cccc1c23. The normalized spacial score (nSPS) is 16.3. The van der Waals surface area contributed by atoms with Crippen molar-refractivity contribution in [3.05, 3.63) is 59.7 Å². The number of hydrogen-bond acceptors (Lipinski definition) is 3. The third-order valence-electron chi connectivity index (χ3n) is 5.21. The maximum Gasteiger partial charge on any atom is 0.194 e. The molecule has 3 heteroatoms. The molecular weight excluding hydrogens is 296 g/mol. The molecule has 2 aromatic carbocycles. The minimum Gasteiger partial charge on any atom is -0.357 e. The van der Waals surface area contributed by atoms with Gasteiger partial charge in [-0.25, -0.2) is 4.98 Å². The molecule has 0 unspecified atom stereocenters. The number of rotatable bonds is 1. The summed E-state index contributed by atoms with van der Waals surface area (Å²) < 4.78 is 0. The molecule has 0 amide bonds. The minimum absolute atomic E-state index is 0.108. The summed E-state index contributed by atoms with van der Waals surface area (Å²) in [5.74, 6) is 1.15. The van der Waals surface area contributed by atoms with E-state index >= 15 is 0 Å². The molecule has 0 spiro atoms. The van der Waals surface area contributed by atoms with Crippen molar-refractivity contribution >= 4 is 22.5 Å². The number of fused-ring (bicyclic) bond motifs is 2. The van der Waals surface area contributed by atoms with Crippen LogP contribution in [0.4, 0.5) is 5.82 Å². The molecule has 24 heavy (non-hydrogen) atoms. The summed E-state index contributed by atoms with van der Waals surface area (Å²) in [6.07, 6.45) is 3.76. The first-order chi connectivity index (χ1) is 11.8. The van der Waals surface area contributed by atoms with E-state index in [9.17, 15) is 4.79 Å². The van der Waals surface area contributed by atoms with Crippen LogP contribution in [0.3, 0.4) is 0 Å². The second-order valence-corrected chi connectivity index (χ2v) is 6.65. The lowest BCUT2D eigenvalue weighted by Gasteiger charge is -2.29. The summed E-state index contributed by atoms with van der Waals surface area (Å²) in [6.45, 7) is 2.14. The Hall–Kier alpha value is -2.68. The number of piperidine rings is 1. The standard InChI is InChI=1S/C21H18N2O/c24-21-15-8-3-2-7-14(15)17-13-19(23-11-4-1-5-12-23)22-18-10-6-9-16(21)20(17)18/h2-3,6-10,13H,1,4-5,11-12H2. The van der Waals surface area contributed by atoms with Crippen LogP contribution in [0.15, 0.2) is 48.5 Å². The smallest absolute Gasteiger partial charge is 0.194 e. The third kappa shape index (κ3) is 1.91. The molecule has 1 aliphatic heterocycles. The largest absolute Gasteiger partial charge is 0.357 e. The van der Waals surface area contributed by atoms with E-state index < -0.39 is 0 Å². The lowest BCUT2D eigenvalue weighted by molar-refractivity contribution is 0.104. The summed E-state index contributed by atoms with van der Waals surface area (Å²) in [5, 5.41) is 1.00. The number of hydrogen-bond donors (Lipinski definition) is 0. The van der Waals surface area contributed by atoms with E-state index in [1.807, 2.05) is 36.4 Å². The molecule has 5 rings (SSSR count). The predicted octanol–water partition coefficient (Wildman–Crippen LogP) is 4.44. The molecule has 1 aromatic heterocycles. The Kier molecular flexibility index (Phi) is 2.96. The highest BCUT2D eigenvalue weighted by atomic mass is 16.1. The molecule has 1 aliphatic carbocycles. The van der Waals surface area contributed by atoms with Crippen molar-refractivity contribution in [3.8, 4) is 11.1 Å². The van der Waals surface area contributed by atoms with Crippen molar-refractivity contribution in [2.75, 3.05) is 18.0 Å².